The first-order valence-corrected chi connectivity index (χ1v) is 8.52. The van der Waals surface area contributed by atoms with Gasteiger partial charge < -0.3 is 10.6 Å². The van der Waals surface area contributed by atoms with Crippen LogP contribution >= 0.6 is 35.4 Å². The predicted octanol–water partition coefficient (Wildman–Crippen LogP) is 2.26. The molecule has 1 atom stereocenters. The topological polar surface area (TPSA) is 82.3 Å². The number of hydrazine groups is 1. The Kier molecular flexibility index (Phi) is 8.24. The van der Waals surface area contributed by atoms with Gasteiger partial charge in [-0.15, -0.1) is 0 Å². The standard InChI is InChI=1S/C15H20Cl2N4O2S/c1-4-18-15(24)21-20-14(23)12(8(2)3)19-13(22)10-6-5-9(16)7-11(10)17/h5-8,12H,4H2,1-3H3,(H,19,22)(H,20,23)(H2,18,21,24)/t12-/m0/s1. The summed E-state index contributed by atoms with van der Waals surface area (Å²) in [5, 5.41) is 6.44. The summed E-state index contributed by atoms with van der Waals surface area (Å²) in [4.78, 5) is 24.6. The second-order valence-corrected chi connectivity index (χ2v) is 6.54. The molecule has 0 aliphatic carbocycles. The maximum absolute atomic E-state index is 12.4. The minimum Gasteiger partial charge on any atom is -0.362 e. The normalized spacial score (nSPS) is 11.6. The fourth-order valence-electron chi connectivity index (χ4n) is 1.83. The van der Waals surface area contributed by atoms with Crippen molar-refractivity contribution in [2.45, 2.75) is 26.8 Å². The third kappa shape index (κ3) is 6.14. The number of hydrogen-bond acceptors (Lipinski definition) is 3. The molecule has 0 saturated heterocycles. The lowest BCUT2D eigenvalue weighted by atomic mass is 10.0. The lowest BCUT2D eigenvalue weighted by Gasteiger charge is -2.22. The highest BCUT2D eigenvalue weighted by Gasteiger charge is 2.25. The van der Waals surface area contributed by atoms with E-state index in [9.17, 15) is 9.59 Å². The SMILES string of the molecule is CCNC(=S)NNC(=O)[C@@H](NC(=O)c1ccc(Cl)cc1Cl)C(C)C. The van der Waals surface area contributed by atoms with Crippen LogP contribution in [0.25, 0.3) is 0 Å². The molecule has 0 radical (unpaired) electrons. The van der Waals surface area contributed by atoms with Crippen LogP contribution in [0.1, 0.15) is 31.1 Å². The molecule has 9 heteroatoms. The van der Waals surface area contributed by atoms with Crippen molar-refractivity contribution in [3.63, 3.8) is 0 Å². The molecule has 6 nitrogen and oxygen atoms in total. The van der Waals surface area contributed by atoms with E-state index in [4.69, 9.17) is 35.4 Å². The number of amides is 2. The minimum atomic E-state index is -0.763. The van der Waals surface area contributed by atoms with Crippen molar-refractivity contribution in [2.75, 3.05) is 6.54 Å². The summed E-state index contributed by atoms with van der Waals surface area (Å²) in [6.45, 7) is 6.14. The number of rotatable bonds is 5. The summed E-state index contributed by atoms with van der Waals surface area (Å²) in [7, 11) is 0. The van der Waals surface area contributed by atoms with Gasteiger partial charge in [-0.2, -0.15) is 0 Å². The van der Waals surface area contributed by atoms with Gasteiger partial charge in [0.25, 0.3) is 11.8 Å². The van der Waals surface area contributed by atoms with E-state index in [0.717, 1.165) is 0 Å². The van der Waals surface area contributed by atoms with E-state index >= 15 is 0 Å². The third-order valence-electron chi connectivity index (χ3n) is 3.05. The Hall–Kier alpha value is -1.57. The van der Waals surface area contributed by atoms with Gasteiger partial charge in [0.15, 0.2) is 5.11 Å². The number of carbonyl (C=O) groups excluding carboxylic acids is 2. The first kappa shape index (κ1) is 20.5. The first-order valence-electron chi connectivity index (χ1n) is 7.35. The van der Waals surface area contributed by atoms with Crippen molar-refractivity contribution < 1.29 is 9.59 Å². The highest BCUT2D eigenvalue weighted by atomic mass is 35.5. The van der Waals surface area contributed by atoms with Crippen molar-refractivity contribution >= 4 is 52.3 Å². The van der Waals surface area contributed by atoms with Gasteiger partial charge in [-0.1, -0.05) is 37.0 Å². The van der Waals surface area contributed by atoms with Crippen molar-refractivity contribution in [1.29, 1.82) is 0 Å². The molecule has 2 amide bonds. The molecular formula is C15H20Cl2N4O2S. The highest BCUT2D eigenvalue weighted by Crippen LogP contribution is 2.21. The van der Waals surface area contributed by atoms with Gasteiger partial charge in [-0.25, -0.2) is 0 Å². The fraction of sp³-hybridized carbons (Fsp3) is 0.400. The van der Waals surface area contributed by atoms with E-state index in [1.54, 1.807) is 6.07 Å². The monoisotopic (exact) mass is 390 g/mol. The number of hydrogen-bond donors (Lipinski definition) is 4. The largest absolute Gasteiger partial charge is 0.362 e. The number of halogens is 2. The van der Waals surface area contributed by atoms with Crippen molar-refractivity contribution in [1.82, 2.24) is 21.5 Å². The van der Waals surface area contributed by atoms with Crippen LogP contribution in [0.15, 0.2) is 18.2 Å². The van der Waals surface area contributed by atoms with Gasteiger partial charge in [-0.05, 0) is 43.3 Å². The van der Waals surface area contributed by atoms with E-state index in [-0.39, 0.29) is 16.5 Å². The molecule has 0 saturated carbocycles. The van der Waals surface area contributed by atoms with Crippen LogP contribution in [-0.2, 0) is 4.79 Å². The Morgan fingerprint density at radius 2 is 1.88 bits per heavy atom. The maximum Gasteiger partial charge on any atom is 0.261 e. The minimum absolute atomic E-state index is 0.144. The van der Waals surface area contributed by atoms with Crippen LogP contribution in [0, 0.1) is 5.92 Å². The summed E-state index contributed by atoms with van der Waals surface area (Å²) in [6.07, 6.45) is 0. The summed E-state index contributed by atoms with van der Waals surface area (Å²) in [5.41, 5.74) is 5.29. The molecule has 1 aromatic rings. The molecule has 1 aromatic carbocycles. The van der Waals surface area contributed by atoms with Crippen LogP contribution in [0.2, 0.25) is 10.0 Å². The van der Waals surface area contributed by atoms with Crippen LogP contribution in [0.4, 0.5) is 0 Å². The van der Waals surface area contributed by atoms with Crippen LogP contribution in [0.3, 0.4) is 0 Å². The van der Waals surface area contributed by atoms with Gasteiger partial charge in [0.1, 0.15) is 6.04 Å². The number of benzene rings is 1. The first-order chi connectivity index (χ1) is 11.3. The van der Waals surface area contributed by atoms with Crippen molar-refractivity contribution in [2.24, 2.45) is 5.92 Å². The van der Waals surface area contributed by atoms with Gasteiger partial charge in [0.05, 0.1) is 10.6 Å². The third-order valence-corrected chi connectivity index (χ3v) is 3.84. The molecule has 1 rings (SSSR count). The van der Waals surface area contributed by atoms with Gasteiger partial charge in [0.2, 0.25) is 0 Å². The van der Waals surface area contributed by atoms with E-state index in [0.29, 0.717) is 16.7 Å². The van der Waals surface area contributed by atoms with Crippen LogP contribution < -0.4 is 21.5 Å². The molecular weight excluding hydrogens is 371 g/mol. The molecule has 132 valence electrons. The Morgan fingerprint density at radius 1 is 1.21 bits per heavy atom. The van der Waals surface area contributed by atoms with Crippen molar-refractivity contribution in [3.8, 4) is 0 Å². The molecule has 24 heavy (non-hydrogen) atoms. The number of carbonyl (C=O) groups is 2. The predicted molar refractivity (Wildman–Crippen MR) is 100 cm³/mol. The highest BCUT2D eigenvalue weighted by molar-refractivity contribution is 7.80. The quantitative estimate of drug-likeness (QED) is 0.457. The van der Waals surface area contributed by atoms with E-state index < -0.39 is 17.9 Å². The average molecular weight is 391 g/mol. The van der Waals surface area contributed by atoms with Crippen LogP contribution in [0.5, 0.6) is 0 Å². The Labute approximate surface area is 156 Å². The van der Waals surface area contributed by atoms with E-state index in [1.165, 1.54) is 12.1 Å². The summed E-state index contributed by atoms with van der Waals surface area (Å²) >= 11 is 16.8. The van der Waals surface area contributed by atoms with Gasteiger partial charge in [0, 0.05) is 11.6 Å². The zero-order valence-corrected chi connectivity index (χ0v) is 15.9. The van der Waals surface area contributed by atoms with E-state index in [1.807, 2.05) is 20.8 Å². The summed E-state index contributed by atoms with van der Waals surface area (Å²) < 4.78 is 0. The Morgan fingerprint density at radius 3 is 2.42 bits per heavy atom. The van der Waals surface area contributed by atoms with Crippen molar-refractivity contribution in [3.05, 3.63) is 33.8 Å². The fourth-order valence-corrected chi connectivity index (χ4v) is 2.52. The maximum atomic E-state index is 12.4. The molecule has 0 heterocycles. The average Bonchev–Trinajstić information content (AvgIpc) is 2.50. The number of nitrogens with one attached hydrogen (secondary N) is 4. The zero-order chi connectivity index (χ0) is 18.3. The zero-order valence-electron chi connectivity index (χ0n) is 13.6. The molecule has 4 N–H and O–H groups in total. The molecule has 0 bridgehead atoms. The lowest BCUT2D eigenvalue weighted by Crippen LogP contribution is -2.55. The number of thiocarbonyl (C=S) groups is 1. The van der Waals surface area contributed by atoms with E-state index in [2.05, 4.69) is 21.5 Å². The second kappa shape index (κ2) is 9.66. The Bertz CT molecular complexity index is 625. The molecule has 0 aliphatic rings. The Balaban J connectivity index is 2.76. The molecule has 0 aliphatic heterocycles. The smallest absolute Gasteiger partial charge is 0.261 e. The van der Waals surface area contributed by atoms with Gasteiger partial charge in [-0.3, -0.25) is 20.4 Å². The second-order valence-electron chi connectivity index (χ2n) is 5.29. The van der Waals surface area contributed by atoms with Gasteiger partial charge >= 0.3 is 0 Å². The summed E-state index contributed by atoms with van der Waals surface area (Å²) in [5.74, 6) is -1.02. The molecule has 0 fully saturated rings. The summed E-state index contributed by atoms with van der Waals surface area (Å²) in [6, 6.07) is 3.77. The van der Waals surface area contributed by atoms with Crippen LogP contribution in [-0.4, -0.2) is 29.5 Å². The molecule has 0 spiro atoms. The molecule has 0 aromatic heterocycles. The lowest BCUT2D eigenvalue weighted by molar-refractivity contribution is -0.124. The molecule has 0 unspecified atom stereocenters.